The number of carbonyl (C=O) groups excluding carboxylic acids is 3. The zero-order valence-corrected chi connectivity index (χ0v) is 22.5. The van der Waals surface area contributed by atoms with E-state index in [1.807, 2.05) is 36.4 Å². The minimum absolute atomic E-state index is 0.0449. The Hall–Kier alpha value is -4.12. The normalized spacial score (nSPS) is 13.3. The molecule has 1 amide bonds. The summed E-state index contributed by atoms with van der Waals surface area (Å²) < 4.78 is 23.3. The van der Waals surface area contributed by atoms with Crippen molar-refractivity contribution >= 4 is 29.4 Å². The maximum Gasteiger partial charge on any atom is 0.407 e. The molecule has 1 aliphatic heterocycles. The van der Waals surface area contributed by atoms with E-state index in [1.54, 1.807) is 25.3 Å². The predicted molar refractivity (Wildman–Crippen MR) is 144 cm³/mol. The molecule has 1 fully saturated rings. The van der Waals surface area contributed by atoms with Crippen molar-refractivity contribution in [2.75, 3.05) is 57.6 Å². The van der Waals surface area contributed by atoms with Gasteiger partial charge in [-0.1, -0.05) is 30.3 Å². The summed E-state index contributed by atoms with van der Waals surface area (Å²) in [6.45, 7) is 8.17. The van der Waals surface area contributed by atoms with Gasteiger partial charge in [0.1, 0.15) is 11.4 Å². The third-order valence-electron chi connectivity index (χ3n) is 6.25. The molecule has 39 heavy (non-hydrogen) atoms. The van der Waals surface area contributed by atoms with Crippen molar-refractivity contribution in [2.45, 2.75) is 27.2 Å². The standard InChI is InChI=1S/C28H34N4O7/c1-4-29-28(35)39-15-12-21-23(26(33)37-5-2)24(27(34)38-6-3)25-20(19-10-8-7-9-11-19)18-22(30-32(21)25)31-13-16-36-17-14-31/h7-11,18H,4-6,12-17H2,1-3H3,(H,29,35). The van der Waals surface area contributed by atoms with Crippen LogP contribution in [0.4, 0.5) is 10.6 Å². The van der Waals surface area contributed by atoms with E-state index >= 15 is 0 Å². The Bertz CT molecular complexity index is 1320. The number of ether oxygens (including phenoxy) is 4. The molecule has 0 bridgehead atoms. The molecule has 0 saturated carbocycles. The second kappa shape index (κ2) is 13.1. The lowest BCUT2D eigenvalue weighted by molar-refractivity contribution is 0.0480. The van der Waals surface area contributed by atoms with Crippen LogP contribution in [0.2, 0.25) is 0 Å². The zero-order valence-electron chi connectivity index (χ0n) is 22.5. The number of anilines is 1. The van der Waals surface area contributed by atoms with E-state index in [2.05, 4.69) is 10.2 Å². The van der Waals surface area contributed by atoms with Crippen molar-refractivity contribution in [1.82, 2.24) is 14.9 Å². The molecule has 11 heteroatoms. The molecule has 2 aromatic heterocycles. The minimum atomic E-state index is -0.675. The van der Waals surface area contributed by atoms with Gasteiger partial charge in [0, 0.05) is 31.6 Å². The number of fused-ring (bicyclic) bond motifs is 1. The average molecular weight is 539 g/mol. The number of aromatic nitrogens is 2. The van der Waals surface area contributed by atoms with E-state index in [0.29, 0.717) is 55.4 Å². The number of nitrogens with one attached hydrogen (secondary N) is 1. The Morgan fingerprint density at radius 2 is 1.62 bits per heavy atom. The number of hydrogen-bond donors (Lipinski definition) is 1. The Balaban J connectivity index is 2.00. The molecule has 4 rings (SSSR count). The zero-order chi connectivity index (χ0) is 27.8. The van der Waals surface area contributed by atoms with Crippen molar-refractivity contribution in [1.29, 1.82) is 0 Å². The monoisotopic (exact) mass is 538 g/mol. The van der Waals surface area contributed by atoms with E-state index in [4.69, 9.17) is 24.0 Å². The van der Waals surface area contributed by atoms with E-state index in [1.165, 1.54) is 0 Å². The molecule has 1 saturated heterocycles. The van der Waals surface area contributed by atoms with Crippen LogP contribution < -0.4 is 10.2 Å². The first-order valence-corrected chi connectivity index (χ1v) is 13.2. The first-order chi connectivity index (χ1) is 19.0. The van der Waals surface area contributed by atoms with Crippen LogP contribution in [0.3, 0.4) is 0 Å². The summed E-state index contributed by atoms with van der Waals surface area (Å²) in [5, 5.41) is 7.48. The van der Waals surface area contributed by atoms with Gasteiger partial charge in [-0.05, 0) is 32.4 Å². The van der Waals surface area contributed by atoms with Gasteiger partial charge in [-0.25, -0.2) is 18.9 Å². The lowest BCUT2D eigenvalue weighted by atomic mass is 10.0. The van der Waals surface area contributed by atoms with Gasteiger partial charge in [-0.3, -0.25) is 0 Å². The minimum Gasteiger partial charge on any atom is -0.462 e. The molecule has 0 atom stereocenters. The molecule has 0 aliphatic carbocycles. The lowest BCUT2D eigenvalue weighted by Gasteiger charge is -2.28. The van der Waals surface area contributed by atoms with E-state index in [0.717, 1.165) is 5.56 Å². The predicted octanol–water partition coefficient (Wildman–Crippen LogP) is 3.48. The Kier molecular flexibility index (Phi) is 9.37. The molecule has 1 aromatic carbocycles. The molecule has 1 aliphatic rings. The highest BCUT2D eigenvalue weighted by Gasteiger charge is 2.33. The van der Waals surface area contributed by atoms with Gasteiger partial charge in [0.05, 0.1) is 49.8 Å². The summed E-state index contributed by atoms with van der Waals surface area (Å²) in [6, 6.07) is 11.5. The van der Waals surface area contributed by atoms with Crippen LogP contribution in [0.1, 0.15) is 47.2 Å². The second-order valence-corrected chi connectivity index (χ2v) is 8.70. The second-order valence-electron chi connectivity index (χ2n) is 8.70. The number of rotatable bonds is 10. The van der Waals surface area contributed by atoms with Gasteiger partial charge < -0.3 is 29.2 Å². The fourth-order valence-electron chi connectivity index (χ4n) is 4.57. The number of esters is 2. The van der Waals surface area contributed by atoms with Crippen LogP contribution in [-0.2, 0) is 25.4 Å². The van der Waals surface area contributed by atoms with E-state index in [9.17, 15) is 14.4 Å². The van der Waals surface area contributed by atoms with Crippen LogP contribution >= 0.6 is 0 Å². The Morgan fingerprint density at radius 1 is 0.949 bits per heavy atom. The highest BCUT2D eigenvalue weighted by atomic mass is 16.6. The van der Waals surface area contributed by atoms with Gasteiger partial charge in [-0.2, -0.15) is 0 Å². The maximum atomic E-state index is 13.4. The van der Waals surface area contributed by atoms with Crippen LogP contribution in [0.5, 0.6) is 0 Å². The van der Waals surface area contributed by atoms with Gasteiger partial charge in [-0.15, -0.1) is 5.10 Å². The molecule has 3 aromatic rings. The number of hydrogen-bond acceptors (Lipinski definition) is 9. The quantitative estimate of drug-likeness (QED) is 0.305. The summed E-state index contributed by atoms with van der Waals surface area (Å²) in [6.07, 6.45) is -0.465. The van der Waals surface area contributed by atoms with Gasteiger partial charge >= 0.3 is 18.0 Å². The van der Waals surface area contributed by atoms with Gasteiger partial charge in [0.15, 0.2) is 0 Å². The van der Waals surface area contributed by atoms with Crippen molar-refractivity contribution in [2.24, 2.45) is 0 Å². The summed E-state index contributed by atoms with van der Waals surface area (Å²) in [4.78, 5) is 40.9. The Labute approximate surface area is 227 Å². The lowest BCUT2D eigenvalue weighted by Crippen LogP contribution is -2.37. The SMILES string of the molecule is CCNC(=O)OCCc1c(C(=O)OCC)c(C(=O)OCC)c2c(-c3ccccc3)cc(N3CCOCC3)nn12. The Morgan fingerprint density at radius 3 is 2.26 bits per heavy atom. The van der Waals surface area contributed by atoms with Crippen molar-refractivity contribution in [3.05, 3.63) is 53.2 Å². The fraction of sp³-hybridized carbons (Fsp3) is 0.429. The summed E-state index contributed by atoms with van der Waals surface area (Å²) in [5.41, 5.74) is 2.48. The number of nitrogens with zero attached hydrogens (tertiary/aromatic N) is 3. The molecule has 0 radical (unpaired) electrons. The third-order valence-corrected chi connectivity index (χ3v) is 6.25. The molecule has 208 valence electrons. The highest BCUT2D eigenvalue weighted by Crippen LogP contribution is 2.36. The topological polar surface area (TPSA) is 121 Å². The van der Waals surface area contributed by atoms with E-state index in [-0.39, 0.29) is 37.4 Å². The summed E-state index contributed by atoms with van der Waals surface area (Å²) in [7, 11) is 0. The number of morpholine rings is 1. The summed E-state index contributed by atoms with van der Waals surface area (Å²) in [5.74, 6) is -0.672. The van der Waals surface area contributed by atoms with Crippen LogP contribution in [-0.4, -0.2) is 80.3 Å². The fourth-order valence-corrected chi connectivity index (χ4v) is 4.57. The third kappa shape index (κ3) is 6.14. The number of amides is 1. The first kappa shape index (κ1) is 27.9. The van der Waals surface area contributed by atoms with Crippen LogP contribution in [0.15, 0.2) is 36.4 Å². The average Bonchev–Trinajstić information content (AvgIpc) is 3.28. The maximum absolute atomic E-state index is 13.4. The smallest absolute Gasteiger partial charge is 0.407 e. The summed E-state index contributed by atoms with van der Waals surface area (Å²) >= 11 is 0. The van der Waals surface area contributed by atoms with Gasteiger partial charge in [0.2, 0.25) is 0 Å². The van der Waals surface area contributed by atoms with Gasteiger partial charge in [0.25, 0.3) is 0 Å². The van der Waals surface area contributed by atoms with Crippen molar-refractivity contribution in [3.8, 4) is 11.1 Å². The molecule has 0 spiro atoms. The molecule has 11 nitrogen and oxygen atoms in total. The van der Waals surface area contributed by atoms with Crippen molar-refractivity contribution in [3.63, 3.8) is 0 Å². The van der Waals surface area contributed by atoms with Crippen LogP contribution in [0, 0.1) is 0 Å². The number of alkyl carbamates (subject to hydrolysis) is 1. The molecular weight excluding hydrogens is 504 g/mol. The molecule has 0 unspecified atom stereocenters. The number of benzene rings is 1. The van der Waals surface area contributed by atoms with Crippen molar-refractivity contribution < 1.29 is 33.3 Å². The molecule has 3 heterocycles. The van der Waals surface area contributed by atoms with E-state index < -0.39 is 18.0 Å². The first-order valence-electron chi connectivity index (χ1n) is 13.2. The molecular formula is C28H34N4O7. The number of carbonyl (C=O) groups is 3. The largest absolute Gasteiger partial charge is 0.462 e. The highest BCUT2D eigenvalue weighted by molar-refractivity contribution is 6.12. The molecule has 1 N–H and O–H groups in total. The van der Waals surface area contributed by atoms with Crippen LogP contribution in [0.25, 0.3) is 16.6 Å².